The maximum Gasteiger partial charge on any atom is 0.307 e. The summed E-state index contributed by atoms with van der Waals surface area (Å²) in [7, 11) is 0. The first-order valence-corrected chi connectivity index (χ1v) is 3.82. The van der Waals surface area contributed by atoms with Crippen LogP contribution < -0.4 is 5.32 Å². The second kappa shape index (κ2) is 2.91. The first-order valence-electron chi connectivity index (χ1n) is 3.06. The van der Waals surface area contributed by atoms with Crippen molar-refractivity contribution in [2.75, 3.05) is 0 Å². The van der Waals surface area contributed by atoms with E-state index in [-0.39, 0.29) is 6.42 Å². The highest BCUT2D eigenvalue weighted by Gasteiger charge is 2.33. The van der Waals surface area contributed by atoms with Crippen LogP contribution in [0.5, 0.6) is 0 Å². The van der Waals surface area contributed by atoms with Crippen molar-refractivity contribution in [3.63, 3.8) is 0 Å². The molecule has 0 aliphatic carbocycles. The van der Waals surface area contributed by atoms with E-state index in [0.29, 0.717) is 11.6 Å². The molecule has 0 fully saturated rings. The highest BCUT2D eigenvalue weighted by molar-refractivity contribution is 6.32. The number of alkyl halides is 1. The molecule has 0 aromatic heterocycles. The molecular weight excluding hydrogens is 189 g/mol. The summed E-state index contributed by atoms with van der Waals surface area (Å²) in [4.78, 5) is 9.36. The standard InChI is InChI=1S/C6H7Cl2NO2/c7-4-1-2-6(8,9-4)3-5(10)11/h1,9H,2-3H2,(H,10,11). The van der Waals surface area contributed by atoms with Crippen LogP contribution in [0.15, 0.2) is 11.2 Å². The molecule has 0 amide bonds. The topological polar surface area (TPSA) is 49.3 Å². The second-order valence-electron chi connectivity index (χ2n) is 2.42. The zero-order valence-electron chi connectivity index (χ0n) is 5.60. The van der Waals surface area contributed by atoms with Crippen molar-refractivity contribution in [1.29, 1.82) is 0 Å². The van der Waals surface area contributed by atoms with Gasteiger partial charge in [0.1, 0.15) is 5.00 Å². The molecular formula is C6H7Cl2NO2. The van der Waals surface area contributed by atoms with Crippen LogP contribution in [0.2, 0.25) is 0 Å². The maximum absolute atomic E-state index is 10.3. The van der Waals surface area contributed by atoms with Gasteiger partial charge in [0.05, 0.1) is 11.6 Å². The molecule has 1 rings (SSSR count). The van der Waals surface area contributed by atoms with Crippen molar-refractivity contribution >= 4 is 29.2 Å². The van der Waals surface area contributed by atoms with Gasteiger partial charge in [0, 0.05) is 6.42 Å². The van der Waals surface area contributed by atoms with Crippen LogP contribution in [-0.4, -0.2) is 16.1 Å². The van der Waals surface area contributed by atoms with Gasteiger partial charge in [0.25, 0.3) is 0 Å². The van der Waals surface area contributed by atoms with E-state index in [2.05, 4.69) is 5.32 Å². The largest absolute Gasteiger partial charge is 0.481 e. The van der Waals surface area contributed by atoms with Gasteiger partial charge in [-0.15, -0.1) is 0 Å². The minimum absolute atomic E-state index is 0.138. The molecule has 2 N–H and O–H groups in total. The number of nitrogens with one attached hydrogen (secondary N) is 1. The van der Waals surface area contributed by atoms with Crippen LogP contribution in [0.1, 0.15) is 12.8 Å². The van der Waals surface area contributed by atoms with E-state index in [1.807, 2.05) is 0 Å². The first-order chi connectivity index (χ1) is 5.02. The van der Waals surface area contributed by atoms with Gasteiger partial charge in [-0.1, -0.05) is 23.2 Å². The lowest BCUT2D eigenvalue weighted by Crippen LogP contribution is -2.35. The average molecular weight is 196 g/mol. The summed E-state index contributed by atoms with van der Waals surface area (Å²) in [6.45, 7) is 0. The fourth-order valence-corrected chi connectivity index (χ4v) is 1.52. The highest BCUT2D eigenvalue weighted by Crippen LogP contribution is 2.29. The number of carbonyl (C=O) groups is 1. The third-order valence-corrected chi connectivity index (χ3v) is 2.01. The predicted octanol–water partition coefficient (Wildman–Crippen LogP) is 1.47. The summed E-state index contributed by atoms with van der Waals surface area (Å²) in [5, 5.41) is 11.5. The van der Waals surface area contributed by atoms with Crippen LogP contribution in [0, 0.1) is 0 Å². The molecule has 1 aliphatic rings. The molecule has 1 unspecified atom stereocenters. The third-order valence-electron chi connectivity index (χ3n) is 1.38. The van der Waals surface area contributed by atoms with Gasteiger partial charge in [0.15, 0.2) is 0 Å². The van der Waals surface area contributed by atoms with Crippen molar-refractivity contribution in [3.05, 3.63) is 11.2 Å². The lowest BCUT2D eigenvalue weighted by Gasteiger charge is -2.19. The summed E-state index contributed by atoms with van der Waals surface area (Å²) >= 11 is 11.4. The fraction of sp³-hybridized carbons (Fsp3) is 0.500. The quantitative estimate of drug-likeness (QED) is 0.519. The van der Waals surface area contributed by atoms with Gasteiger partial charge in [0.2, 0.25) is 0 Å². The van der Waals surface area contributed by atoms with Gasteiger partial charge in [-0.05, 0) is 6.08 Å². The normalized spacial score (nSPS) is 29.5. The Morgan fingerprint density at radius 1 is 1.91 bits per heavy atom. The number of halogens is 2. The van der Waals surface area contributed by atoms with Crippen LogP contribution in [0.25, 0.3) is 0 Å². The SMILES string of the molecule is O=C(O)CC1(Cl)CC=C(Cl)N1. The first kappa shape index (κ1) is 8.68. The molecule has 1 heterocycles. The lowest BCUT2D eigenvalue weighted by molar-refractivity contribution is -0.137. The molecule has 0 saturated carbocycles. The minimum Gasteiger partial charge on any atom is -0.481 e. The molecule has 0 radical (unpaired) electrons. The molecule has 0 spiro atoms. The molecule has 62 valence electrons. The number of carboxylic acids is 1. The van der Waals surface area contributed by atoms with E-state index in [0.717, 1.165) is 0 Å². The average Bonchev–Trinajstić information content (AvgIpc) is 2.08. The van der Waals surface area contributed by atoms with Crippen LogP contribution in [0.3, 0.4) is 0 Å². The van der Waals surface area contributed by atoms with Gasteiger partial charge in [-0.25, -0.2) is 0 Å². The monoisotopic (exact) mass is 195 g/mol. The number of carboxylic acid groups (broad SMARTS) is 1. The zero-order chi connectivity index (χ0) is 8.48. The number of hydrogen-bond acceptors (Lipinski definition) is 2. The van der Waals surface area contributed by atoms with Crippen molar-refractivity contribution in [2.45, 2.75) is 17.8 Å². The van der Waals surface area contributed by atoms with Gasteiger partial charge in [-0.3, -0.25) is 4.79 Å². The second-order valence-corrected chi connectivity index (χ2v) is 3.55. The molecule has 3 nitrogen and oxygen atoms in total. The van der Waals surface area contributed by atoms with E-state index < -0.39 is 11.0 Å². The number of hydrogen-bond donors (Lipinski definition) is 2. The predicted molar refractivity (Wildman–Crippen MR) is 42.5 cm³/mol. The Kier molecular flexibility index (Phi) is 2.30. The maximum atomic E-state index is 10.3. The minimum atomic E-state index is -0.938. The Morgan fingerprint density at radius 2 is 2.55 bits per heavy atom. The third kappa shape index (κ3) is 2.27. The van der Waals surface area contributed by atoms with Crippen molar-refractivity contribution in [1.82, 2.24) is 5.32 Å². The van der Waals surface area contributed by atoms with Crippen LogP contribution in [0.4, 0.5) is 0 Å². The van der Waals surface area contributed by atoms with E-state index >= 15 is 0 Å². The summed E-state index contributed by atoms with van der Waals surface area (Å²) in [6, 6.07) is 0. The van der Waals surface area contributed by atoms with Crippen molar-refractivity contribution in [3.8, 4) is 0 Å². The Balaban J connectivity index is 2.52. The zero-order valence-corrected chi connectivity index (χ0v) is 7.11. The number of rotatable bonds is 2. The molecule has 5 heteroatoms. The molecule has 1 atom stereocenters. The summed E-state index contributed by atoms with van der Waals surface area (Å²) in [5.41, 5.74) is 0. The molecule has 0 saturated heterocycles. The van der Waals surface area contributed by atoms with Crippen LogP contribution >= 0.6 is 23.2 Å². The highest BCUT2D eigenvalue weighted by atomic mass is 35.5. The van der Waals surface area contributed by atoms with Crippen LogP contribution in [-0.2, 0) is 4.79 Å². The summed E-state index contributed by atoms with van der Waals surface area (Å²) < 4.78 is 0. The smallest absolute Gasteiger partial charge is 0.307 e. The van der Waals surface area contributed by atoms with Crippen molar-refractivity contribution in [2.24, 2.45) is 0 Å². The Bertz CT molecular complexity index is 217. The fourth-order valence-electron chi connectivity index (χ4n) is 0.924. The van der Waals surface area contributed by atoms with E-state index in [1.165, 1.54) is 0 Å². The number of aliphatic carboxylic acids is 1. The lowest BCUT2D eigenvalue weighted by atomic mass is 10.2. The van der Waals surface area contributed by atoms with E-state index in [4.69, 9.17) is 28.3 Å². The summed E-state index contributed by atoms with van der Waals surface area (Å²) in [5.74, 6) is -0.938. The molecule has 11 heavy (non-hydrogen) atoms. The molecule has 0 aromatic rings. The van der Waals surface area contributed by atoms with Gasteiger partial charge >= 0.3 is 5.97 Å². The van der Waals surface area contributed by atoms with Crippen molar-refractivity contribution < 1.29 is 9.90 Å². The Labute approximate surface area is 74.0 Å². The molecule has 1 aliphatic heterocycles. The van der Waals surface area contributed by atoms with E-state index in [1.54, 1.807) is 6.08 Å². The molecule has 0 aromatic carbocycles. The Morgan fingerprint density at radius 3 is 2.91 bits per heavy atom. The van der Waals surface area contributed by atoms with Gasteiger partial charge in [-0.2, -0.15) is 0 Å². The van der Waals surface area contributed by atoms with Gasteiger partial charge < -0.3 is 10.4 Å². The summed E-state index contributed by atoms with van der Waals surface area (Å²) in [6.07, 6.45) is 1.97. The molecule has 0 bridgehead atoms. The van der Waals surface area contributed by atoms with E-state index in [9.17, 15) is 4.79 Å². The Hall–Kier alpha value is -0.410.